The molecule has 0 aliphatic heterocycles. The number of benzene rings is 3. The maximum Gasteiger partial charge on any atom is 0.0693 e. The molecule has 0 amide bonds. The lowest BCUT2D eigenvalue weighted by atomic mass is 10.0. The van der Waals surface area contributed by atoms with Crippen LogP contribution in [0.3, 0.4) is 0 Å². The first-order valence-corrected chi connectivity index (χ1v) is 9.46. The number of hydrogen-bond acceptors (Lipinski definition) is 2. The highest BCUT2D eigenvalue weighted by molar-refractivity contribution is 6.31. The molecule has 3 aromatic carbocycles. The summed E-state index contributed by atoms with van der Waals surface area (Å²) in [6.07, 6.45) is 0.786. The quantitative estimate of drug-likeness (QED) is 0.406. The van der Waals surface area contributed by atoms with Crippen molar-refractivity contribution in [3.63, 3.8) is 0 Å². The van der Waals surface area contributed by atoms with Gasteiger partial charge in [0.05, 0.1) is 11.2 Å². The smallest absolute Gasteiger partial charge is 0.0693 e. The molecule has 0 bridgehead atoms. The predicted octanol–water partition coefficient (Wildman–Crippen LogP) is 5.68. The van der Waals surface area contributed by atoms with E-state index in [1.54, 1.807) is 0 Å². The number of rotatable bonds is 6. The van der Waals surface area contributed by atoms with Gasteiger partial charge in [0.2, 0.25) is 0 Å². The monoisotopic (exact) mass is 375 g/mol. The molecule has 4 heteroatoms. The summed E-state index contributed by atoms with van der Waals surface area (Å²) in [5.41, 5.74) is 11.9. The molecule has 0 aliphatic rings. The summed E-state index contributed by atoms with van der Waals surface area (Å²) in [6.45, 7) is 0.737. The topological polar surface area (TPSA) is 53.8 Å². The Labute approximate surface area is 164 Å². The summed E-state index contributed by atoms with van der Waals surface area (Å²) in [5.74, 6) is 0. The van der Waals surface area contributed by atoms with Gasteiger partial charge in [-0.25, -0.2) is 0 Å². The molecule has 0 spiro atoms. The molecule has 4 aromatic rings. The van der Waals surface area contributed by atoms with Gasteiger partial charge in [-0.05, 0) is 35.7 Å². The average Bonchev–Trinajstić information content (AvgIpc) is 3.12. The highest BCUT2D eigenvalue weighted by atomic mass is 35.5. The van der Waals surface area contributed by atoms with Crippen LogP contribution in [0.1, 0.15) is 22.9 Å². The van der Waals surface area contributed by atoms with Crippen molar-refractivity contribution >= 4 is 28.2 Å². The van der Waals surface area contributed by atoms with E-state index in [-0.39, 0.29) is 6.04 Å². The molecule has 136 valence electrons. The normalized spacial score (nSPS) is 12.2. The first-order valence-electron chi connectivity index (χ1n) is 9.08. The highest BCUT2D eigenvalue weighted by Crippen LogP contribution is 2.30. The molecule has 4 rings (SSSR count). The lowest BCUT2D eigenvalue weighted by Crippen LogP contribution is -2.13. The Morgan fingerprint density at radius 1 is 0.889 bits per heavy atom. The van der Waals surface area contributed by atoms with Gasteiger partial charge >= 0.3 is 0 Å². The van der Waals surface area contributed by atoms with Crippen LogP contribution in [-0.4, -0.2) is 4.98 Å². The second-order valence-corrected chi connectivity index (χ2v) is 7.21. The van der Waals surface area contributed by atoms with Gasteiger partial charge in [-0.15, -0.1) is 0 Å². The second kappa shape index (κ2) is 7.87. The van der Waals surface area contributed by atoms with E-state index < -0.39 is 0 Å². The van der Waals surface area contributed by atoms with Crippen molar-refractivity contribution in [2.24, 2.45) is 5.73 Å². The molecule has 0 aliphatic carbocycles. The van der Waals surface area contributed by atoms with E-state index in [9.17, 15) is 0 Å². The third-order valence-electron chi connectivity index (χ3n) is 4.74. The van der Waals surface area contributed by atoms with Crippen LogP contribution in [0.15, 0.2) is 78.9 Å². The minimum absolute atomic E-state index is 0.0967. The maximum atomic E-state index is 6.46. The van der Waals surface area contributed by atoms with Gasteiger partial charge in [0, 0.05) is 28.7 Å². The van der Waals surface area contributed by atoms with Gasteiger partial charge in [-0.1, -0.05) is 72.3 Å². The van der Waals surface area contributed by atoms with Gasteiger partial charge in [-0.2, -0.15) is 0 Å². The van der Waals surface area contributed by atoms with Gasteiger partial charge < -0.3 is 16.0 Å². The lowest BCUT2D eigenvalue weighted by Gasteiger charge is -2.10. The molecule has 0 radical (unpaired) electrons. The first-order chi connectivity index (χ1) is 13.2. The summed E-state index contributed by atoms with van der Waals surface area (Å²) in [5, 5.41) is 5.27. The molecule has 0 unspecified atom stereocenters. The van der Waals surface area contributed by atoms with Gasteiger partial charge in [0.15, 0.2) is 0 Å². The van der Waals surface area contributed by atoms with Crippen LogP contribution < -0.4 is 11.1 Å². The molecule has 4 N–H and O–H groups in total. The molecule has 1 aromatic heterocycles. The zero-order valence-electron chi connectivity index (χ0n) is 15.0. The van der Waals surface area contributed by atoms with E-state index in [1.165, 1.54) is 11.1 Å². The van der Waals surface area contributed by atoms with E-state index in [4.69, 9.17) is 17.3 Å². The van der Waals surface area contributed by atoms with E-state index in [2.05, 4.69) is 40.6 Å². The number of anilines is 1. The Morgan fingerprint density at radius 2 is 1.56 bits per heavy atom. The molecule has 0 saturated carbocycles. The summed E-state index contributed by atoms with van der Waals surface area (Å²) in [7, 11) is 0. The first kappa shape index (κ1) is 17.7. The number of aromatic nitrogens is 1. The van der Waals surface area contributed by atoms with Crippen LogP contribution >= 0.6 is 11.6 Å². The number of nitrogens with two attached hydrogens (primary N) is 1. The largest absolute Gasteiger partial charge is 0.379 e. The van der Waals surface area contributed by atoms with Crippen LogP contribution in [0.5, 0.6) is 0 Å². The van der Waals surface area contributed by atoms with E-state index >= 15 is 0 Å². The van der Waals surface area contributed by atoms with Crippen molar-refractivity contribution in [1.29, 1.82) is 0 Å². The second-order valence-electron chi connectivity index (χ2n) is 6.78. The van der Waals surface area contributed by atoms with Crippen molar-refractivity contribution in [3.05, 3.63) is 101 Å². The van der Waals surface area contributed by atoms with Crippen LogP contribution in [-0.2, 0) is 13.0 Å². The molecule has 3 nitrogen and oxygen atoms in total. The maximum absolute atomic E-state index is 6.46. The number of H-pyrrole nitrogens is 1. The fraction of sp³-hybridized carbons (Fsp3) is 0.130. The van der Waals surface area contributed by atoms with Crippen molar-refractivity contribution in [1.82, 2.24) is 4.98 Å². The van der Waals surface area contributed by atoms with Crippen molar-refractivity contribution in [2.75, 3.05) is 5.32 Å². The molecule has 27 heavy (non-hydrogen) atoms. The minimum Gasteiger partial charge on any atom is -0.379 e. The Hall–Kier alpha value is -2.75. The van der Waals surface area contributed by atoms with Gasteiger partial charge in [-0.3, -0.25) is 0 Å². The summed E-state index contributed by atoms with van der Waals surface area (Å²) in [6, 6.07) is 26.5. The lowest BCUT2D eigenvalue weighted by molar-refractivity contribution is 0.704. The Morgan fingerprint density at radius 3 is 2.26 bits per heavy atom. The fourth-order valence-corrected chi connectivity index (χ4v) is 3.57. The standard InChI is InChI=1S/C23H22ClN3/c24-19-12-18-13-21(20(25)11-16-7-3-1-4-8-16)27-23(18)22(14-19)26-15-17-9-5-2-6-10-17/h1-10,12-14,20,26-27H,11,15,25H2/t20-/m1/s1. The molecule has 1 heterocycles. The van der Waals surface area contributed by atoms with Crippen molar-refractivity contribution in [2.45, 2.75) is 19.0 Å². The minimum atomic E-state index is -0.0967. The molecular weight excluding hydrogens is 354 g/mol. The molecule has 0 fully saturated rings. The van der Waals surface area contributed by atoms with Crippen LogP contribution in [0.25, 0.3) is 10.9 Å². The van der Waals surface area contributed by atoms with E-state index in [1.807, 2.05) is 48.5 Å². The van der Waals surface area contributed by atoms with Crippen LogP contribution in [0.2, 0.25) is 5.02 Å². The summed E-state index contributed by atoms with van der Waals surface area (Å²) in [4.78, 5) is 3.50. The fourth-order valence-electron chi connectivity index (χ4n) is 3.34. The van der Waals surface area contributed by atoms with Crippen molar-refractivity contribution < 1.29 is 0 Å². The van der Waals surface area contributed by atoms with Crippen LogP contribution in [0, 0.1) is 0 Å². The molecular formula is C23H22ClN3. The summed E-state index contributed by atoms with van der Waals surface area (Å²) >= 11 is 6.34. The molecule has 1 atom stereocenters. The number of hydrogen-bond donors (Lipinski definition) is 3. The van der Waals surface area contributed by atoms with Crippen LogP contribution in [0.4, 0.5) is 5.69 Å². The SMILES string of the molecule is N[C@H](Cc1ccccc1)c1cc2cc(Cl)cc(NCc3ccccc3)c2[nH]1. The Kier molecular flexibility index (Phi) is 5.14. The Balaban J connectivity index is 1.59. The Bertz CT molecular complexity index is 1030. The third-order valence-corrected chi connectivity index (χ3v) is 4.96. The van der Waals surface area contributed by atoms with E-state index in [0.717, 1.165) is 35.2 Å². The number of fused-ring (bicyclic) bond motifs is 1. The predicted molar refractivity (Wildman–Crippen MR) is 114 cm³/mol. The van der Waals surface area contributed by atoms with Gasteiger partial charge in [0.25, 0.3) is 0 Å². The summed E-state index contributed by atoms with van der Waals surface area (Å²) < 4.78 is 0. The third kappa shape index (κ3) is 4.16. The van der Waals surface area contributed by atoms with E-state index in [0.29, 0.717) is 5.02 Å². The van der Waals surface area contributed by atoms with Gasteiger partial charge in [0.1, 0.15) is 0 Å². The number of aromatic amines is 1. The number of nitrogens with one attached hydrogen (secondary N) is 2. The number of halogens is 1. The van der Waals surface area contributed by atoms with Crippen molar-refractivity contribution in [3.8, 4) is 0 Å². The average molecular weight is 376 g/mol. The highest BCUT2D eigenvalue weighted by Gasteiger charge is 2.13. The zero-order valence-corrected chi connectivity index (χ0v) is 15.7. The zero-order chi connectivity index (χ0) is 18.6. The molecule has 0 saturated heterocycles.